The lowest BCUT2D eigenvalue weighted by Gasteiger charge is -2.13. The van der Waals surface area contributed by atoms with Gasteiger partial charge < -0.3 is 15.1 Å². The van der Waals surface area contributed by atoms with Gasteiger partial charge in [0.15, 0.2) is 5.76 Å². The summed E-state index contributed by atoms with van der Waals surface area (Å²) in [7, 11) is -2.05. The van der Waals surface area contributed by atoms with Gasteiger partial charge in [-0.25, -0.2) is 8.42 Å². The summed E-state index contributed by atoms with van der Waals surface area (Å²) in [6, 6.07) is 10.1. The van der Waals surface area contributed by atoms with Gasteiger partial charge in [-0.05, 0) is 29.8 Å². The fourth-order valence-electron chi connectivity index (χ4n) is 1.88. The number of hydrogen-bond acceptors (Lipinski definition) is 5. The fourth-order valence-corrected chi connectivity index (χ4v) is 2.23. The number of rotatable bonds is 7. The van der Waals surface area contributed by atoms with Crippen LogP contribution in [0.4, 0.5) is 5.69 Å². The maximum Gasteiger partial charge on any atom is 0.291 e. The number of sulfonamides is 1. The molecule has 1 aromatic carbocycles. The Morgan fingerprint density at radius 2 is 1.84 bits per heavy atom. The molecule has 2 aromatic rings. The van der Waals surface area contributed by atoms with Gasteiger partial charge in [0.05, 0.1) is 19.1 Å². The van der Waals surface area contributed by atoms with Crippen LogP contribution in [0, 0.1) is 0 Å². The Bertz CT molecular complexity index is 829. The molecule has 1 heterocycles. The Morgan fingerprint density at radius 3 is 2.40 bits per heavy atom. The average molecular weight is 365 g/mol. The second-order valence-corrected chi connectivity index (χ2v) is 7.51. The van der Waals surface area contributed by atoms with Crippen LogP contribution in [0.15, 0.2) is 47.1 Å². The number of amides is 2. The Labute approximate surface area is 145 Å². The fraction of sp³-hybridized carbons (Fsp3) is 0.250. The Kier molecular flexibility index (Phi) is 5.94. The van der Waals surface area contributed by atoms with E-state index in [1.807, 2.05) is 0 Å². The van der Waals surface area contributed by atoms with Crippen molar-refractivity contribution < 1.29 is 22.4 Å². The monoisotopic (exact) mass is 365 g/mol. The number of nitrogens with zero attached hydrogens (tertiary/aromatic N) is 1. The predicted molar refractivity (Wildman–Crippen MR) is 92.4 cm³/mol. The number of benzene rings is 1. The minimum Gasteiger partial charge on any atom is -0.459 e. The van der Waals surface area contributed by atoms with Crippen molar-refractivity contribution in [1.82, 2.24) is 9.62 Å². The highest BCUT2D eigenvalue weighted by molar-refractivity contribution is 7.88. The number of carbonyl (C=O) groups excluding carboxylic acids is 2. The van der Waals surface area contributed by atoms with Crippen molar-refractivity contribution in [3.8, 4) is 0 Å². The van der Waals surface area contributed by atoms with E-state index in [1.54, 1.807) is 36.4 Å². The van der Waals surface area contributed by atoms with Crippen LogP contribution < -0.4 is 10.6 Å². The molecule has 9 heteroatoms. The molecule has 0 unspecified atom stereocenters. The molecule has 0 fully saturated rings. The first kappa shape index (κ1) is 18.7. The molecule has 0 saturated heterocycles. The number of anilines is 1. The molecule has 0 aliphatic rings. The first-order chi connectivity index (χ1) is 11.8. The van der Waals surface area contributed by atoms with Crippen LogP contribution in [0.3, 0.4) is 0 Å². The normalized spacial score (nSPS) is 11.3. The second kappa shape index (κ2) is 7.95. The highest BCUT2D eigenvalue weighted by Gasteiger charge is 2.14. The van der Waals surface area contributed by atoms with Gasteiger partial charge in [-0.15, -0.1) is 0 Å². The van der Waals surface area contributed by atoms with Crippen molar-refractivity contribution in [1.29, 1.82) is 0 Å². The molecule has 134 valence electrons. The van der Waals surface area contributed by atoms with E-state index in [-0.39, 0.29) is 24.8 Å². The number of furan rings is 1. The van der Waals surface area contributed by atoms with E-state index in [9.17, 15) is 18.0 Å². The smallest absolute Gasteiger partial charge is 0.291 e. The molecule has 0 atom stereocenters. The number of hydrogen-bond donors (Lipinski definition) is 2. The molecular formula is C16H19N3O5S. The lowest BCUT2D eigenvalue weighted by Crippen LogP contribution is -2.37. The van der Waals surface area contributed by atoms with Crippen molar-refractivity contribution in [2.45, 2.75) is 6.54 Å². The van der Waals surface area contributed by atoms with Gasteiger partial charge in [0, 0.05) is 19.3 Å². The summed E-state index contributed by atoms with van der Waals surface area (Å²) in [6.07, 6.45) is 2.46. The molecule has 8 nitrogen and oxygen atoms in total. The topological polar surface area (TPSA) is 109 Å². The van der Waals surface area contributed by atoms with Gasteiger partial charge in [-0.2, -0.15) is 4.31 Å². The van der Waals surface area contributed by atoms with Gasteiger partial charge in [-0.3, -0.25) is 9.59 Å². The van der Waals surface area contributed by atoms with Crippen molar-refractivity contribution in [2.75, 3.05) is 25.2 Å². The minimum atomic E-state index is -3.39. The van der Waals surface area contributed by atoms with E-state index in [1.165, 1.54) is 13.3 Å². The number of nitrogens with one attached hydrogen (secondary N) is 2. The molecule has 2 rings (SSSR count). The van der Waals surface area contributed by atoms with E-state index in [4.69, 9.17) is 4.42 Å². The summed E-state index contributed by atoms with van der Waals surface area (Å²) in [6.45, 7) is 0.0129. The van der Waals surface area contributed by atoms with Crippen molar-refractivity contribution in [3.63, 3.8) is 0 Å². The van der Waals surface area contributed by atoms with Gasteiger partial charge >= 0.3 is 0 Å². The zero-order valence-corrected chi connectivity index (χ0v) is 14.7. The SMILES string of the molecule is CN(CC(=O)NCc1ccc(NC(=O)c2ccco2)cc1)S(C)(=O)=O. The third kappa shape index (κ3) is 5.73. The summed E-state index contributed by atoms with van der Waals surface area (Å²) in [5.74, 6) is -0.538. The van der Waals surface area contributed by atoms with Crippen molar-refractivity contribution in [3.05, 3.63) is 54.0 Å². The first-order valence-electron chi connectivity index (χ1n) is 7.37. The standard InChI is InChI=1S/C16H19N3O5S/c1-19(25(2,22)23)11-15(20)17-10-12-5-7-13(8-6-12)18-16(21)14-4-3-9-24-14/h3-9H,10-11H2,1-2H3,(H,17,20)(H,18,21). The van der Waals surface area contributed by atoms with Crippen molar-refractivity contribution in [2.24, 2.45) is 0 Å². The van der Waals surface area contributed by atoms with Gasteiger partial charge in [0.1, 0.15) is 0 Å². The quantitative estimate of drug-likeness (QED) is 0.762. The molecule has 0 spiro atoms. The number of carbonyl (C=O) groups is 2. The van der Waals surface area contributed by atoms with E-state index in [2.05, 4.69) is 10.6 Å². The highest BCUT2D eigenvalue weighted by Crippen LogP contribution is 2.11. The summed E-state index contributed by atoms with van der Waals surface area (Å²) in [5.41, 5.74) is 1.40. The molecule has 0 radical (unpaired) electrons. The van der Waals surface area contributed by atoms with Crippen LogP contribution in [-0.2, 0) is 21.4 Å². The zero-order chi connectivity index (χ0) is 18.4. The van der Waals surface area contributed by atoms with E-state index < -0.39 is 15.9 Å². The van der Waals surface area contributed by atoms with Crippen LogP contribution >= 0.6 is 0 Å². The van der Waals surface area contributed by atoms with Crippen molar-refractivity contribution >= 4 is 27.5 Å². The summed E-state index contributed by atoms with van der Waals surface area (Å²) in [4.78, 5) is 23.6. The molecule has 2 N–H and O–H groups in total. The molecule has 0 aliphatic heterocycles. The van der Waals surface area contributed by atoms with Crippen LogP contribution in [0.25, 0.3) is 0 Å². The molecule has 2 amide bonds. The molecular weight excluding hydrogens is 346 g/mol. The Hall–Kier alpha value is -2.65. The third-order valence-electron chi connectivity index (χ3n) is 3.38. The van der Waals surface area contributed by atoms with E-state index in [0.29, 0.717) is 5.69 Å². The van der Waals surface area contributed by atoms with Crippen LogP contribution in [0.2, 0.25) is 0 Å². The molecule has 25 heavy (non-hydrogen) atoms. The zero-order valence-electron chi connectivity index (χ0n) is 13.9. The second-order valence-electron chi connectivity index (χ2n) is 5.42. The maximum absolute atomic E-state index is 11.8. The van der Waals surface area contributed by atoms with Gasteiger partial charge in [0.25, 0.3) is 5.91 Å². The first-order valence-corrected chi connectivity index (χ1v) is 9.22. The van der Waals surface area contributed by atoms with Crippen LogP contribution in [0.1, 0.15) is 16.1 Å². The number of likely N-dealkylation sites (N-methyl/N-ethyl adjacent to an activating group) is 1. The van der Waals surface area contributed by atoms with Gasteiger partial charge in [-0.1, -0.05) is 12.1 Å². The Balaban J connectivity index is 1.84. The molecule has 1 aromatic heterocycles. The van der Waals surface area contributed by atoms with E-state index >= 15 is 0 Å². The average Bonchev–Trinajstić information content (AvgIpc) is 3.08. The van der Waals surface area contributed by atoms with E-state index in [0.717, 1.165) is 16.1 Å². The van der Waals surface area contributed by atoms with Crippen LogP contribution in [-0.4, -0.2) is 44.4 Å². The maximum atomic E-state index is 11.8. The lowest BCUT2D eigenvalue weighted by molar-refractivity contribution is -0.121. The Morgan fingerprint density at radius 1 is 1.16 bits per heavy atom. The summed E-state index contributed by atoms with van der Waals surface area (Å²) < 4.78 is 28.5. The van der Waals surface area contributed by atoms with Crippen LogP contribution in [0.5, 0.6) is 0 Å². The predicted octanol–water partition coefficient (Wildman–Crippen LogP) is 1.04. The molecule has 0 bridgehead atoms. The lowest BCUT2D eigenvalue weighted by atomic mass is 10.2. The third-order valence-corrected chi connectivity index (χ3v) is 4.64. The highest BCUT2D eigenvalue weighted by atomic mass is 32.2. The summed E-state index contributed by atoms with van der Waals surface area (Å²) >= 11 is 0. The molecule has 0 saturated carbocycles. The minimum absolute atomic E-state index is 0.214. The van der Waals surface area contributed by atoms with Gasteiger partial charge in [0.2, 0.25) is 15.9 Å². The largest absolute Gasteiger partial charge is 0.459 e. The molecule has 0 aliphatic carbocycles. The summed E-state index contributed by atoms with van der Waals surface area (Å²) in [5, 5.41) is 5.32.